The predicted octanol–water partition coefficient (Wildman–Crippen LogP) is 2.50. The van der Waals surface area contributed by atoms with Gasteiger partial charge in [0.2, 0.25) is 0 Å². The number of piperazine rings is 1. The van der Waals surface area contributed by atoms with Gasteiger partial charge < -0.3 is 14.8 Å². The van der Waals surface area contributed by atoms with Crippen LogP contribution in [0, 0.1) is 6.92 Å². The van der Waals surface area contributed by atoms with Crippen molar-refractivity contribution >= 4 is 28.5 Å². The lowest BCUT2D eigenvalue weighted by molar-refractivity contribution is -0.127. The number of carbonyl (C=O) groups is 3. The molecule has 170 valence electrons. The normalized spacial score (nSPS) is 13.8. The number of rotatable bonds is 4. The van der Waals surface area contributed by atoms with Gasteiger partial charge in [0.25, 0.3) is 17.6 Å². The Hall–Kier alpha value is -4.40. The van der Waals surface area contributed by atoms with E-state index in [-0.39, 0.29) is 5.91 Å². The van der Waals surface area contributed by atoms with Gasteiger partial charge in [-0.25, -0.2) is 0 Å². The van der Waals surface area contributed by atoms with Crippen LogP contribution < -0.4 is 0 Å². The Kier molecular flexibility index (Phi) is 5.59. The maximum absolute atomic E-state index is 13.2. The van der Waals surface area contributed by atoms with Crippen LogP contribution in [0.1, 0.15) is 26.3 Å². The van der Waals surface area contributed by atoms with Crippen molar-refractivity contribution in [3.05, 3.63) is 78.0 Å². The number of hydrogen-bond acceptors (Lipinski definition) is 6. The van der Waals surface area contributed by atoms with Gasteiger partial charge in [0, 0.05) is 61.9 Å². The summed E-state index contributed by atoms with van der Waals surface area (Å²) in [7, 11) is 0. The molecule has 1 N–H and O–H groups in total. The van der Waals surface area contributed by atoms with Crippen LogP contribution >= 0.6 is 0 Å². The number of pyridine rings is 1. The van der Waals surface area contributed by atoms with E-state index in [1.54, 1.807) is 48.0 Å². The zero-order valence-corrected chi connectivity index (χ0v) is 18.6. The summed E-state index contributed by atoms with van der Waals surface area (Å²) in [4.78, 5) is 58.1. The molecule has 0 spiro atoms. The molecule has 0 radical (unpaired) electrons. The third kappa shape index (κ3) is 3.81. The molecule has 0 saturated carbocycles. The molecule has 1 aliphatic rings. The van der Waals surface area contributed by atoms with Crippen molar-refractivity contribution in [3.8, 4) is 11.4 Å². The third-order valence-corrected chi connectivity index (χ3v) is 6.02. The fraction of sp³-hybridized carbons (Fsp3) is 0.200. The number of ketones is 1. The number of amides is 2. The molecular weight excluding hydrogens is 432 g/mol. The smallest absolute Gasteiger partial charge is 0.295 e. The second-order valence-corrected chi connectivity index (χ2v) is 8.11. The van der Waals surface area contributed by atoms with Crippen molar-refractivity contribution in [1.29, 1.82) is 0 Å². The molecular formula is C25H22N6O3. The first kappa shape index (κ1) is 21.4. The SMILES string of the molecule is Cc1cnc(-c2cnccn2)c2[nH]cc(C(=O)C(=O)N3CCN(C(=O)c4ccccc4)CC3)c12. The molecule has 4 aromatic rings. The molecule has 9 heteroatoms. The van der Waals surface area contributed by atoms with Gasteiger partial charge in [-0.2, -0.15) is 0 Å². The number of H-pyrrole nitrogens is 1. The van der Waals surface area contributed by atoms with E-state index < -0.39 is 11.7 Å². The van der Waals surface area contributed by atoms with Crippen molar-refractivity contribution < 1.29 is 14.4 Å². The highest BCUT2D eigenvalue weighted by Crippen LogP contribution is 2.29. The molecule has 34 heavy (non-hydrogen) atoms. The fourth-order valence-corrected chi connectivity index (χ4v) is 4.24. The minimum Gasteiger partial charge on any atom is -0.359 e. The summed E-state index contributed by atoms with van der Waals surface area (Å²) in [5, 5.41) is 0.645. The number of carbonyl (C=O) groups excluding carboxylic acids is 3. The van der Waals surface area contributed by atoms with Crippen LogP contribution in [0.15, 0.2) is 61.3 Å². The minimum absolute atomic E-state index is 0.0738. The summed E-state index contributed by atoms with van der Waals surface area (Å²) in [6, 6.07) is 9.04. The van der Waals surface area contributed by atoms with E-state index >= 15 is 0 Å². The maximum Gasteiger partial charge on any atom is 0.295 e. The number of benzene rings is 1. The van der Waals surface area contributed by atoms with E-state index in [0.29, 0.717) is 59.6 Å². The molecule has 1 fully saturated rings. The zero-order valence-electron chi connectivity index (χ0n) is 18.6. The quantitative estimate of drug-likeness (QED) is 0.375. The predicted molar refractivity (Wildman–Crippen MR) is 125 cm³/mol. The van der Waals surface area contributed by atoms with Gasteiger partial charge >= 0.3 is 0 Å². The summed E-state index contributed by atoms with van der Waals surface area (Å²) in [5.41, 5.74) is 3.45. The number of aromatic nitrogens is 4. The van der Waals surface area contributed by atoms with E-state index in [1.807, 2.05) is 25.1 Å². The lowest BCUT2D eigenvalue weighted by Gasteiger charge is -2.34. The number of nitrogens with zero attached hydrogens (tertiary/aromatic N) is 5. The molecule has 1 saturated heterocycles. The average Bonchev–Trinajstić information content (AvgIpc) is 3.35. The fourth-order valence-electron chi connectivity index (χ4n) is 4.24. The van der Waals surface area contributed by atoms with Crippen molar-refractivity contribution in [2.75, 3.05) is 26.2 Å². The Morgan fingerprint density at radius 3 is 2.35 bits per heavy atom. The van der Waals surface area contributed by atoms with Crippen LogP contribution in [0.3, 0.4) is 0 Å². The van der Waals surface area contributed by atoms with Crippen molar-refractivity contribution in [2.24, 2.45) is 0 Å². The van der Waals surface area contributed by atoms with Gasteiger partial charge in [0.15, 0.2) is 0 Å². The van der Waals surface area contributed by atoms with E-state index in [1.165, 1.54) is 4.90 Å². The molecule has 4 heterocycles. The van der Waals surface area contributed by atoms with Crippen LogP contribution in [0.25, 0.3) is 22.3 Å². The van der Waals surface area contributed by atoms with Crippen LogP contribution in [0.2, 0.25) is 0 Å². The van der Waals surface area contributed by atoms with Gasteiger partial charge in [0.1, 0.15) is 11.4 Å². The lowest BCUT2D eigenvalue weighted by Crippen LogP contribution is -2.52. The molecule has 0 unspecified atom stereocenters. The van der Waals surface area contributed by atoms with E-state index in [4.69, 9.17) is 0 Å². The number of aromatic amines is 1. The van der Waals surface area contributed by atoms with Gasteiger partial charge in [-0.05, 0) is 24.6 Å². The number of fused-ring (bicyclic) bond motifs is 1. The summed E-state index contributed by atoms with van der Waals surface area (Å²) >= 11 is 0. The zero-order chi connectivity index (χ0) is 23.7. The largest absolute Gasteiger partial charge is 0.359 e. The van der Waals surface area contributed by atoms with Crippen molar-refractivity contribution in [3.63, 3.8) is 0 Å². The Bertz CT molecular complexity index is 1380. The minimum atomic E-state index is -0.589. The Balaban J connectivity index is 1.35. The highest BCUT2D eigenvalue weighted by molar-refractivity contribution is 6.45. The first-order valence-corrected chi connectivity index (χ1v) is 11.0. The topological polar surface area (TPSA) is 112 Å². The number of aryl methyl sites for hydroxylation is 1. The molecule has 2 amide bonds. The molecule has 0 aliphatic carbocycles. The summed E-state index contributed by atoms with van der Waals surface area (Å²) in [6.45, 7) is 3.20. The average molecular weight is 454 g/mol. The number of Topliss-reactive ketones (excluding diaryl/α,β-unsaturated/α-hetero) is 1. The first-order valence-electron chi connectivity index (χ1n) is 11.0. The van der Waals surface area contributed by atoms with Gasteiger partial charge in [-0.3, -0.25) is 29.3 Å². The van der Waals surface area contributed by atoms with Gasteiger partial charge in [-0.15, -0.1) is 0 Å². The lowest BCUT2D eigenvalue weighted by atomic mass is 10.0. The Morgan fingerprint density at radius 1 is 0.912 bits per heavy atom. The first-order chi connectivity index (χ1) is 16.5. The maximum atomic E-state index is 13.2. The molecule has 5 rings (SSSR count). The van der Waals surface area contributed by atoms with E-state index in [9.17, 15) is 14.4 Å². The van der Waals surface area contributed by atoms with E-state index in [2.05, 4.69) is 19.9 Å². The molecule has 0 atom stereocenters. The Morgan fingerprint density at radius 2 is 1.65 bits per heavy atom. The number of hydrogen-bond donors (Lipinski definition) is 1. The summed E-state index contributed by atoms with van der Waals surface area (Å²) in [5.74, 6) is -1.24. The second-order valence-electron chi connectivity index (χ2n) is 8.11. The molecule has 9 nitrogen and oxygen atoms in total. The highest BCUT2D eigenvalue weighted by atomic mass is 16.2. The van der Waals surface area contributed by atoms with Crippen LogP contribution in [-0.4, -0.2) is 73.5 Å². The monoisotopic (exact) mass is 454 g/mol. The molecule has 1 aromatic carbocycles. The van der Waals surface area contributed by atoms with Crippen molar-refractivity contribution in [1.82, 2.24) is 29.7 Å². The number of nitrogens with one attached hydrogen (secondary N) is 1. The second kappa shape index (κ2) is 8.86. The van der Waals surface area contributed by atoms with Crippen LogP contribution in [0.4, 0.5) is 0 Å². The van der Waals surface area contributed by atoms with Gasteiger partial charge in [0.05, 0.1) is 17.3 Å². The standard InChI is InChI=1S/C25H22N6O3/c1-16-13-28-21(19-15-26-7-8-27-19)22-20(16)18(14-29-22)23(32)25(34)31-11-9-30(10-12-31)24(33)17-5-3-2-4-6-17/h2-8,13-15,29H,9-12H2,1H3. The molecule has 1 aliphatic heterocycles. The summed E-state index contributed by atoms with van der Waals surface area (Å²) < 4.78 is 0. The summed E-state index contributed by atoms with van der Waals surface area (Å²) in [6.07, 6.45) is 7.96. The molecule has 3 aromatic heterocycles. The van der Waals surface area contributed by atoms with E-state index in [0.717, 1.165) is 5.56 Å². The molecule has 0 bridgehead atoms. The van der Waals surface area contributed by atoms with Gasteiger partial charge in [-0.1, -0.05) is 18.2 Å². The van der Waals surface area contributed by atoms with Crippen LogP contribution in [0.5, 0.6) is 0 Å². The third-order valence-electron chi connectivity index (χ3n) is 6.02. The Labute approximate surface area is 195 Å². The van der Waals surface area contributed by atoms with Crippen LogP contribution in [-0.2, 0) is 4.79 Å². The van der Waals surface area contributed by atoms with Crippen molar-refractivity contribution in [2.45, 2.75) is 6.92 Å². The highest BCUT2D eigenvalue weighted by Gasteiger charge is 2.30.